The van der Waals surface area contributed by atoms with E-state index in [9.17, 15) is 0 Å². The molecule has 0 saturated carbocycles. The number of hydrogen-bond donors (Lipinski definition) is 1. The molecule has 0 aliphatic rings. The number of fused-ring (bicyclic) bond motifs is 1. The average molecular weight is 283 g/mol. The van der Waals surface area contributed by atoms with Gasteiger partial charge in [0, 0.05) is 22.9 Å². The molecule has 4 heteroatoms. The van der Waals surface area contributed by atoms with E-state index in [-0.39, 0.29) is 0 Å². The summed E-state index contributed by atoms with van der Waals surface area (Å²) in [4.78, 5) is 9.50. The van der Waals surface area contributed by atoms with Crippen molar-refractivity contribution in [2.75, 3.05) is 11.9 Å². The van der Waals surface area contributed by atoms with Gasteiger partial charge in [0.15, 0.2) is 5.82 Å². The van der Waals surface area contributed by atoms with E-state index in [0.717, 1.165) is 34.7 Å². The lowest BCUT2D eigenvalue weighted by Crippen LogP contribution is -2.03. The number of thiophene rings is 1. The predicted molar refractivity (Wildman–Crippen MR) is 86.5 cm³/mol. The molecular weight excluding hydrogens is 266 g/mol. The molecule has 1 N–H and O–H groups in total. The van der Waals surface area contributed by atoms with Gasteiger partial charge in [0.05, 0.1) is 5.52 Å². The summed E-state index contributed by atoms with van der Waals surface area (Å²) in [5.41, 5.74) is 4.56. The Morgan fingerprint density at radius 2 is 1.95 bits per heavy atom. The van der Waals surface area contributed by atoms with Crippen LogP contribution < -0.4 is 5.32 Å². The van der Waals surface area contributed by atoms with Gasteiger partial charge in [0.25, 0.3) is 0 Å². The number of rotatable bonds is 3. The van der Waals surface area contributed by atoms with Gasteiger partial charge in [-0.3, -0.25) is 0 Å². The maximum Gasteiger partial charge on any atom is 0.163 e. The third-order valence-corrected chi connectivity index (χ3v) is 4.23. The van der Waals surface area contributed by atoms with Crippen LogP contribution in [0.2, 0.25) is 0 Å². The Bertz CT molecular complexity index is 762. The van der Waals surface area contributed by atoms with E-state index in [1.54, 1.807) is 11.3 Å². The lowest BCUT2D eigenvalue weighted by molar-refractivity contribution is 1.14. The average Bonchev–Trinajstić information content (AvgIpc) is 2.86. The number of nitrogens with one attached hydrogen (secondary N) is 1. The van der Waals surface area contributed by atoms with Gasteiger partial charge in [-0.1, -0.05) is 12.1 Å². The molecule has 0 spiro atoms. The highest BCUT2D eigenvalue weighted by Crippen LogP contribution is 2.29. The third-order valence-electron chi connectivity index (χ3n) is 3.37. The Morgan fingerprint density at radius 3 is 2.65 bits per heavy atom. The number of benzene rings is 1. The number of anilines is 1. The first-order chi connectivity index (χ1) is 9.70. The fourth-order valence-corrected chi connectivity index (χ4v) is 3.13. The molecule has 0 aliphatic heterocycles. The topological polar surface area (TPSA) is 37.8 Å². The van der Waals surface area contributed by atoms with Crippen molar-refractivity contribution in [1.29, 1.82) is 0 Å². The Kier molecular flexibility index (Phi) is 3.40. The zero-order valence-electron chi connectivity index (χ0n) is 11.9. The van der Waals surface area contributed by atoms with Crippen LogP contribution in [0.3, 0.4) is 0 Å². The van der Waals surface area contributed by atoms with E-state index in [0.29, 0.717) is 0 Å². The highest BCUT2D eigenvalue weighted by molar-refractivity contribution is 7.08. The van der Waals surface area contributed by atoms with Crippen LogP contribution in [0.15, 0.2) is 29.0 Å². The molecule has 2 heterocycles. The van der Waals surface area contributed by atoms with Crippen LogP contribution in [0.25, 0.3) is 22.3 Å². The number of hydrogen-bond acceptors (Lipinski definition) is 4. The SMILES string of the molecule is CCNc1nc(-c2cscc2C)nc2c(C)cccc12. The highest BCUT2D eigenvalue weighted by atomic mass is 32.1. The lowest BCUT2D eigenvalue weighted by atomic mass is 10.1. The molecule has 0 radical (unpaired) electrons. The molecule has 0 amide bonds. The first-order valence-corrected chi connectivity index (χ1v) is 7.69. The van der Waals surface area contributed by atoms with Crippen LogP contribution in [0.5, 0.6) is 0 Å². The monoisotopic (exact) mass is 283 g/mol. The summed E-state index contributed by atoms with van der Waals surface area (Å²) in [5, 5.41) is 8.69. The van der Waals surface area contributed by atoms with Crippen molar-refractivity contribution in [2.24, 2.45) is 0 Å². The van der Waals surface area contributed by atoms with E-state index >= 15 is 0 Å². The van der Waals surface area contributed by atoms with E-state index < -0.39 is 0 Å². The molecule has 0 fully saturated rings. The molecule has 3 rings (SSSR count). The maximum absolute atomic E-state index is 4.78. The summed E-state index contributed by atoms with van der Waals surface area (Å²) in [6.07, 6.45) is 0. The molecule has 2 aromatic heterocycles. The molecule has 1 aromatic carbocycles. The van der Waals surface area contributed by atoms with Crippen LogP contribution in [0.1, 0.15) is 18.1 Å². The van der Waals surface area contributed by atoms with Gasteiger partial charge in [-0.15, -0.1) is 0 Å². The standard InChI is InChI=1S/C16H17N3S/c1-4-17-15-12-7-5-6-10(2)14(12)18-16(19-15)13-9-20-8-11(13)3/h5-9H,4H2,1-3H3,(H,17,18,19). The highest BCUT2D eigenvalue weighted by Gasteiger charge is 2.12. The minimum Gasteiger partial charge on any atom is -0.370 e. The van der Waals surface area contributed by atoms with Gasteiger partial charge in [0.2, 0.25) is 0 Å². The van der Waals surface area contributed by atoms with Crippen molar-refractivity contribution in [2.45, 2.75) is 20.8 Å². The summed E-state index contributed by atoms with van der Waals surface area (Å²) in [5.74, 6) is 1.73. The molecule has 3 nitrogen and oxygen atoms in total. The summed E-state index contributed by atoms with van der Waals surface area (Å²) >= 11 is 1.69. The normalized spacial score (nSPS) is 10.9. The Labute approximate surface area is 122 Å². The largest absolute Gasteiger partial charge is 0.370 e. The van der Waals surface area contributed by atoms with Gasteiger partial charge in [0.1, 0.15) is 5.82 Å². The molecule has 0 atom stereocenters. The van der Waals surface area contributed by atoms with Crippen LogP contribution in [0, 0.1) is 13.8 Å². The second-order valence-electron chi connectivity index (χ2n) is 4.87. The lowest BCUT2D eigenvalue weighted by Gasteiger charge is -2.11. The predicted octanol–water partition coefficient (Wildman–Crippen LogP) is 4.41. The molecule has 0 bridgehead atoms. The summed E-state index contributed by atoms with van der Waals surface area (Å²) < 4.78 is 0. The first kappa shape index (κ1) is 13.1. The molecule has 0 unspecified atom stereocenters. The van der Waals surface area contributed by atoms with Crippen molar-refractivity contribution in [3.63, 3.8) is 0 Å². The Balaban J connectivity index is 2.30. The molecule has 3 aromatic rings. The van der Waals surface area contributed by atoms with E-state index in [2.05, 4.69) is 55.0 Å². The minimum atomic E-state index is 0.807. The maximum atomic E-state index is 4.78. The second kappa shape index (κ2) is 5.21. The van der Waals surface area contributed by atoms with Gasteiger partial charge in [-0.2, -0.15) is 11.3 Å². The van der Waals surface area contributed by atoms with Crippen LogP contribution in [0.4, 0.5) is 5.82 Å². The van der Waals surface area contributed by atoms with Crippen molar-refractivity contribution < 1.29 is 0 Å². The van der Waals surface area contributed by atoms with Crippen LogP contribution in [-0.2, 0) is 0 Å². The first-order valence-electron chi connectivity index (χ1n) is 6.75. The molecule has 0 saturated heterocycles. The van der Waals surface area contributed by atoms with E-state index in [1.807, 2.05) is 0 Å². The summed E-state index contributed by atoms with van der Waals surface area (Å²) in [7, 11) is 0. The number of para-hydroxylation sites is 1. The Hall–Kier alpha value is -1.94. The van der Waals surface area contributed by atoms with Gasteiger partial charge >= 0.3 is 0 Å². The molecule has 0 aliphatic carbocycles. The fraction of sp³-hybridized carbons (Fsp3) is 0.250. The third kappa shape index (κ3) is 2.16. The van der Waals surface area contributed by atoms with Gasteiger partial charge < -0.3 is 5.32 Å². The zero-order chi connectivity index (χ0) is 14.1. The van der Waals surface area contributed by atoms with Crippen LogP contribution in [-0.4, -0.2) is 16.5 Å². The molecule has 102 valence electrons. The fourth-order valence-electron chi connectivity index (χ4n) is 2.31. The van der Waals surface area contributed by atoms with Gasteiger partial charge in [-0.25, -0.2) is 9.97 Å². The molecule has 20 heavy (non-hydrogen) atoms. The van der Waals surface area contributed by atoms with Crippen molar-refractivity contribution >= 4 is 28.1 Å². The van der Waals surface area contributed by atoms with Crippen molar-refractivity contribution in [1.82, 2.24) is 9.97 Å². The van der Waals surface area contributed by atoms with E-state index in [4.69, 9.17) is 9.97 Å². The zero-order valence-corrected chi connectivity index (χ0v) is 12.7. The van der Waals surface area contributed by atoms with Crippen molar-refractivity contribution in [3.05, 3.63) is 40.1 Å². The Morgan fingerprint density at radius 1 is 1.10 bits per heavy atom. The summed E-state index contributed by atoms with van der Waals surface area (Å²) in [6.45, 7) is 7.13. The van der Waals surface area contributed by atoms with E-state index in [1.165, 1.54) is 11.1 Å². The minimum absolute atomic E-state index is 0.807. The number of nitrogens with zero attached hydrogens (tertiary/aromatic N) is 2. The molecular formula is C16H17N3S. The van der Waals surface area contributed by atoms with Gasteiger partial charge in [-0.05, 0) is 43.3 Å². The number of aromatic nitrogens is 2. The smallest absolute Gasteiger partial charge is 0.163 e. The summed E-state index contributed by atoms with van der Waals surface area (Å²) in [6, 6.07) is 6.22. The van der Waals surface area contributed by atoms with Crippen molar-refractivity contribution in [3.8, 4) is 11.4 Å². The quantitative estimate of drug-likeness (QED) is 0.774. The van der Waals surface area contributed by atoms with Crippen LogP contribution >= 0.6 is 11.3 Å². The second-order valence-corrected chi connectivity index (χ2v) is 5.61. The number of aryl methyl sites for hydroxylation is 2.